The molecule has 1 aliphatic rings. The molecule has 25 heavy (non-hydrogen) atoms. The van der Waals surface area contributed by atoms with Crippen LogP contribution in [0.2, 0.25) is 0 Å². The van der Waals surface area contributed by atoms with Gasteiger partial charge >= 0.3 is 12.1 Å². The van der Waals surface area contributed by atoms with Gasteiger partial charge in [-0.05, 0) is 12.0 Å². The number of carbonyl (C=O) groups excluding carboxylic acids is 2. The summed E-state index contributed by atoms with van der Waals surface area (Å²) in [5.74, 6) is -0.372. The van der Waals surface area contributed by atoms with Gasteiger partial charge in [0.2, 0.25) is 0 Å². The molecule has 1 aromatic carbocycles. The van der Waals surface area contributed by atoms with Crippen LogP contribution in [0.15, 0.2) is 43.0 Å². The molecule has 1 aromatic rings. The first kappa shape index (κ1) is 20.6. The Morgan fingerprint density at radius 3 is 2.64 bits per heavy atom. The zero-order valence-electron chi connectivity index (χ0n) is 14.3. The number of nitrogens with zero attached hydrogens (tertiary/aromatic N) is 1. The van der Waals surface area contributed by atoms with E-state index >= 15 is 0 Å². The molecule has 138 valence electrons. The minimum Gasteiger partial charge on any atom is -0.464 e. The molecule has 1 aliphatic heterocycles. The largest absolute Gasteiger partial charge is 0.464 e. The molecular formula is C18H24FNO5. The van der Waals surface area contributed by atoms with Gasteiger partial charge in [0.15, 0.2) is 0 Å². The van der Waals surface area contributed by atoms with Crippen molar-refractivity contribution in [2.45, 2.75) is 32.1 Å². The van der Waals surface area contributed by atoms with Crippen molar-refractivity contribution in [3.05, 3.63) is 48.6 Å². The third-order valence-corrected chi connectivity index (χ3v) is 3.74. The average molecular weight is 353 g/mol. The fraction of sp³-hybridized carbons (Fsp3) is 0.444. The first-order valence-corrected chi connectivity index (χ1v) is 7.93. The number of rotatable bonds is 7. The van der Waals surface area contributed by atoms with Crippen LogP contribution in [0.3, 0.4) is 0 Å². The molecule has 7 heteroatoms. The summed E-state index contributed by atoms with van der Waals surface area (Å²) < 4.78 is 16.1. The van der Waals surface area contributed by atoms with Crippen LogP contribution in [0.1, 0.15) is 18.9 Å². The maximum Gasteiger partial charge on any atom is 0.410 e. The average Bonchev–Trinajstić information content (AvgIpc) is 3.00. The molecule has 0 radical (unpaired) electrons. The Kier molecular flexibility index (Phi) is 8.63. The lowest BCUT2D eigenvalue weighted by atomic mass is 10.2. The number of hydrogen-bond donors (Lipinski definition) is 0. The molecule has 0 saturated carbocycles. The summed E-state index contributed by atoms with van der Waals surface area (Å²) in [6, 6.07) is 9.23. The van der Waals surface area contributed by atoms with Crippen molar-refractivity contribution < 1.29 is 28.5 Å². The molecule has 0 spiro atoms. The number of likely N-dealkylation sites (tertiary alicyclic amines) is 1. The number of hydrogen-bond acceptors (Lipinski definition) is 5. The number of amides is 1. The summed E-state index contributed by atoms with van der Waals surface area (Å²) in [5, 5.41) is 0. The number of carbonyl (C=O) groups is 2. The highest BCUT2D eigenvalue weighted by Gasteiger charge is 2.37. The van der Waals surface area contributed by atoms with Crippen LogP contribution in [0.5, 0.6) is 0 Å². The van der Waals surface area contributed by atoms with Crippen LogP contribution >= 0.6 is 0 Å². The molecule has 2 rings (SSSR count). The van der Waals surface area contributed by atoms with Gasteiger partial charge in [-0.25, -0.2) is 4.79 Å². The Hall–Kier alpha value is -2.41. The molecule has 1 saturated heterocycles. The van der Waals surface area contributed by atoms with Crippen molar-refractivity contribution in [2.75, 3.05) is 19.8 Å². The van der Waals surface area contributed by atoms with Gasteiger partial charge < -0.3 is 14.2 Å². The lowest BCUT2D eigenvalue weighted by molar-refractivity contribution is -0.142. The molecule has 0 unspecified atom stereocenters. The van der Waals surface area contributed by atoms with E-state index in [1.54, 1.807) is 11.0 Å². The van der Waals surface area contributed by atoms with E-state index in [1.807, 2.05) is 30.3 Å². The highest BCUT2D eigenvalue weighted by atomic mass is 19.0. The second kappa shape index (κ2) is 10.5. The second-order valence-electron chi connectivity index (χ2n) is 5.63. The monoisotopic (exact) mass is 353 g/mol. The van der Waals surface area contributed by atoms with Crippen LogP contribution in [0.25, 0.3) is 0 Å². The van der Waals surface area contributed by atoms with Crippen molar-refractivity contribution >= 4 is 12.1 Å². The van der Waals surface area contributed by atoms with Crippen molar-refractivity contribution in [3.63, 3.8) is 0 Å². The molecule has 0 bridgehead atoms. The predicted molar refractivity (Wildman–Crippen MR) is 90.8 cm³/mol. The van der Waals surface area contributed by atoms with Gasteiger partial charge in [0.1, 0.15) is 13.2 Å². The van der Waals surface area contributed by atoms with Crippen molar-refractivity contribution in [1.29, 1.82) is 0 Å². The maximum absolute atomic E-state index is 12.4. The van der Waals surface area contributed by atoms with E-state index in [1.165, 1.54) is 6.92 Å². The maximum atomic E-state index is 12.4. The molecule has 1 amide bonds. The summed E-state index contributed by atoms with van der Waals surface area (Å²) in [6.45, 7) is 6.13. The van der Waals surface area contributed by atoms with Crippen LogP contribution in [-0.2, 0) is 25.6 Å². The van der Waals surface area contributed by atoms with Gasteiger partial charge in [-0.1, -0.05) is 36.4 Å². The van der Waals surface area contributed by atoms with Crippen molar-refractivity contribution in [2.24, 2.45) is 0 Å². The van der Waals surface area contributed by atoms with Crippen LogP contribution in [0, 0.1) is 0 Å². The van der Waals surface area contributed by atoms with Crippen molar-refractivity contribution in [1.82, 2.24) is 4.90 Å². The van der Waals surface area contributed by atoms with E-state index in [0.717, 1.165) is 5.56 Å². The third-order valence-electron chi connectivity index (χ3n) is 3.74. The van der Waals surface area contributed by atoms with Gasteiger partial charge in [-0.3, -0.25) is 14.4 Å². The zero-order valence-corrected chi connectivity index (χ0v) is 14.3. The highest BCUT2D eigenvalue weighted by Crippen LogP contribution is 2.22. The molecule has 1 fully saturated rings. The molecule has 1 heterocycles. The van der Waals surface area contributed by atoms with Gasteiger partial charge in [0, 0.05) is 6.92 Å². The first-order valence-electron chi connectivity index (χ1n) is 7.93. The Bertz CT molecular complexity index is 566. The Balaban J connectivity index is 0.00000312. The van der Waals surface area contributed by atoms with Crippen molar-refractivity contribution in [3.8, 4) is 0 Å². The van der Waals surface area contributed by atoms with E-state index in [-0.39, 0.29) is 36.0 Å². The van der Waals surface area contributed by atoms with Gasteiger partial charge in [-0.2, -0.15) is 0 Å². The number of ether oxygens (including phenoxy) is 3. The Labute approximate surface area is 146 Å². The quantitative estimate of drug-likeness (QED) is 0.557. The van der Waals surface area contributed by atoms with Gasteiger partial charge in [-0.15, -0.1) is 6.58 Å². The SMILES string of the molecule is C=CCO[C@H]1C[C@@H](COC(C)=O)N(C(=O)OCc2ccccc2)C1.F. The van der Waals surface area contributed by atoms with E-state index in [0.29, 0.717) is 19.6 Å². The van der Waals surface area contributed by atoms with E-state index in [9.17, 15) is 9.59 Å². The second-order valence-corrected chi connectivity index (χ2v) is 5.63. The smallest absolute Gasteiger partial charge is 0.410 e. The summed E-state index contributed by atoms with van der Waals surface area (Å²) in [5.41, 5.74) is 0.918. The Morgan fingerprint density at radius 1 is 1.28 bits per heavy atom. The molecular weight excluding hydrogens is 329 g/mol. The Morgan fingerprint density at radius 2 is 2.00 bits per heavy atom. The minimum absolute atomic E-state index is 0. The third kappa shape index (κ3) is 6.54. The minimum atomic E-state index is -0.430. The number of benzene rings is 1. The summed E-state index contributed by atoms with van der Waals surface area (Å²) in [4.78, 5) is 25.0. The normalized spacial score (nSPS) is 19.0. The molecule has 0 aliphatic carbocycles. The summed E-state index contributed by atoms with van der Waals surface area (Å²) in [6.07, 6.45) is 1.72. The fourth-order valence-corrected chi connectivity index (χ4v) is 2.60. The standard InChI is InChI=1S/C18H23NO5.FH/c1-3-9-22-17-10-16(13-23-14(2)20)19(11-17)18(21)24-12-15-7-5-4-6-8-15;/h3-8,16-17H,1,9-13H2,2H3;1H/t16-,17-;/m0./s1. The van der Waals surface area contributed by atoms with E-state index in [2.05, 4.69) is 6.58 Å². The van der Waals surface area contributed by atoms with Crippen LogP contribution < -0.4 is 0 Å². The zero-order chi connectivity index (χ0) is 17.4. The molecule has 0 aromatic heterocycles. The molecule has 2 atom stereocenters. The number of halogens is 1. The summed E-state index contributed by atoms with van der Waals surface area (Å²) >= 11 is 0. The first-order chi connectivity index (χ1) is 11.6. The fourth-order valence-electron chi connectivity index (χ4n) is 2.60. The lowest BCUT2D eigenvalue weighted by Gasteiger charge is -2.23. The molecule has 0 N–H and O–H groups in total. The van der Waals surface area contributed by atoms with Gasteiger partial charge in [0.25, 0.3) is 0 Å². The highest BCUT2D eigenvalue weighted by molar-refractivity contribution is 5.69. The lowest BCUT2D eigenvalue weighted by Crippen LogP contribution is -2.39. The van der Waals surface area contributed by atoms with Crippen LogP contribution in [0.4, 0.5) is 9.50 Å². The number of esters is 1. The molecule has 6 nitrogen and oxygen atoms in total. The van der Waals surface area contributed by atoms with E-state index in [4.69, 9.17) is 14.2 Å². The van der Waals surface area contributed by atoms with Crippen LogP contribution in [-0.4, -0.2) is 48.9 Å². The topological polar surface area (TPSA) is 65.1 Å². The predicted octanol–water partition coefficient (Wildman–Crippen LogP) is 2.68. The summed E-state index contributed by atoms with van der Waals surface area (Å²) in [7, 11) is 0. The van der Waals surface area contributed by atoms with E-state index < -0.39 is 6.09 Å². The van der Waals surface area contributed by atoms with Gasteiger partial charge in [0.05, 0.1) is 25.3 Å².